The van der Waals surface area contributed by atoms with Gasteiger partial charge in [-0.15, -0.1) is 0 Å². The quantitative estimate of drug-likeness (QED) is 0.798. The molecular weight excluding hydrogens is 248 g/mol. The van der Waals surface area contributed by atoms with Crippen molar-refractivity contribution in [3.8, 4) is 0 Å². The predicted octanol–water partition coefficient (Wildman–Crippen LogP) is 1.93. The van der Waals surface area contributed by atoms with Gasteiger partial charge in [-0.2, -0.15) is 8.78 Å². The number of hydrogen-bond donors (Lipinski definition) is 2. The normalized spacial score (nSPS) is 22.3. The van der Waals surface area contributed by atoms with E-state index in [-0.39, 0.29) is 0 Å². The molecule has 1 rings (SSSR count). The number of ether oxygens (including phenoxy) is 1. The van der Waals surface area contributed by atoms with Crippen LogP contribution in [0.4, 0.5) is 13.6 Å². The van der Waals surface area contributed by atoms with E-state index in [1.165, 1.54) is 0 Å². The van der Waals surface area contributed by atoms with E-state index in [0.29, 0.717) is 6.08 Å². The Kier molecular flexibility index (Phi) is 3.64. The number of alkyl halides is 2. The van der Waals surface area contributed by atoms with E-state index in [1.54, 1.807) is 20.8 Å². The number of alkyl carbamates (subject to hydrolysis) is 1. The minimum absolute atomic E-state index is 0.359. The summed E-state index contributed by atoms with van der Waals surface area (Å²) >= 11 is 0. The first-order chi connectivity index (χ1) is 8.01. The molecule has 0 radical (unpaired) electrons. The zero-order valence-corrected chi connectivity index (χ0v) is 10.3. The molecule has 2 N–H and O–H groups in total. The average molecular weight is 263 g/mol. The van der Waals surface area contributed by atoms with Crippen LogP contribution >= 0.6 is 0 Å². The Bertz CT molecular complexity index is 398. The summed E-state index contributed by atoms with van der Waals surface area (Å²) < 4.78 is 31.6. The number of rotatable bonds is 2. The van der Waals surface area contributed by atoms with Crippen molar-refractivity contribution in [3.05, 3.63) is 11.6 Å². The van der Waals surface area contributed by atoms with Gasteiger partial charge < -0.3 is 15.2 Å². The highest BCUT2D eigenvalue weighted by atomic mass is 19.3. The summed E-state index contributed by atoms with van der Waals surface area (Å²) in [6, 6.07) is -1.58. The van der Waals surface area contributed by atoms with Crippen LogP contribution in [0.3, 0.4) is 0 Å². The highest BCUT2D eigenvalue weighted by Crippen LogP contribution is 2.33. The molecule has 5 nitrogen and oxygen atoms in total. The van der Waals surface area contributed by atoms with Crippen LogP contribution in [0, 0.1) is 0 Å². The lowest BCUT2D eigenvalue weighted by molar-refractivity contribution is -0.132. The third-order valence-corrected chi connectivity index (χ3v) is 2.22. The summed E-state index contributed by atoms with van der Waals surface area (Å²) in [5.41, 5.74) is -1.22. The molecule has 0 saturated heterocycles. The molecule has 0 aromatic heterocycles. The van der Waals surface area contributed by atoms with Crippen molar-refractivity contribution in [1.82, 2.24) is 5.32 Å². The molecule has 0 spiro atoms. The molecule has 0 saturated carbocycles. The Labute approximate surface area is 103 Å². The van der Waals surface area contributed by atoms with Gasteiger partial charge in [0.05, 0.1) is 0 Å². The highest BCUT2D eigenvalue weighted by Gasteiger charge is 2.46. The third kappa shape index (κ3) is 3.68. The molecule has 0 aromatic carbocycles. The van der Waals surface area contributed by atoms with Crippen molar-refractivity contribution in [2.45, 2.75) is 44.8 Å². The summed E-state index contributed by atoms with van der Waals surface area (Å²) in [6.07, 6.45) is -1.06. The first-order valence-corrected chi connectivity index (χ1v) is 5.33. The van der Waals surface area contributed by atoms with E-state index in [0.717, 1.165) is 0 Å². The van der Waals surface area contributed by atoms with Gasteiger partial charge in [0.25, 0.3) is 5.92 Å². The van der Waals surface area contributed by atoms with Crippen LogP contribution in [0.1, 0.15) is 27.2 Å². The fourth-order valence-corrected chi connectivity index (χ4v) is 1.49. The standard InChI is InChI=1S/C11H15F2NO4/c1-10(2,3)18-9(17)14-7-4-6(8(15)16)5-11(7,12)13/h5,7H,4H2,1-3H3,(H,14,17)(H,15,16). The van der Waals surface area contributed by atoms with E-state index < -0.39 is 41.6 Å². The Morgan fingerprint density at radius 3 is 2.44 bits per heavy atom. The van der Waals surface area contributed by atoms with Crippen LogP contribution in [0.2, 0.25) is 0 Å². The summed E-state index contributed by atoms with van der Waals surface area (Å²) in [7, 11) is 0. The molecule has 1 amide bonds. The molecule has 0 heterocycles. The number of halogens is 2. The second kappa shape index (κ2) is 4.55. The molecule has 0 fully saturated rings. The highest BCUT2D eigenvalue weighted by molar-refractivity contribution is 5.88. The maximum Gasteiger partial charge on any atom is 0.408 e. The first kappa shape index (κ1) is 14.4. The number of aliphatic carboxylic acids is 1. The fourth-order valence-electron chi connectivity index (χ4n) is 1.49. The van der Waals surface area contributed by atoms with Gasteiger partial charge in [0.15, 0.2) is 0 Å². The van der Waals surface area contributed by atoms with Gasteiger partial charge in [0, 0.05) is 12.0 Å². The third-order valence-electron chi connectivity index (χ3n) is 2.22. The molecule has 1 aliphatic rings. The van der Waals surface area contributed by atoms with Crippen molar-refractivity contribution < 1.29 is 28.2 Å². The molecular formula is C11H15F2NO4. The Morgan fingerprint density at radius 2 is 2.06 bits per heavy atom. The zero-order chi connectivity index (χ0) is 14.1. The van der Waals surface area contributed by atoms with Crippen molar-refractivity contribution in [1.29, 1.82) is 0 Å². The molecule has 0 aromatic rings. The van der Waals surface area contributed by atoms with Gasteiger partial charge in [0.2, 0.25) is 0 Å². The van der Waals surface area contributed by atoms with Crippen LogP contribution in [-0.2, 0) is 9.53 Å². The molecule has 18 heavy (non-hydrogen) atoms. The van der Waals surface area contributed by atoms with Gasteiger partial charge in [-0.3, -0.25) is 0 Å². The van der Waals surface area contributed by atoms with E-state index in [2.05, 4.69) is 0 Å². The predicted molar refractivity (Wildman–Crippen MR) is 58.4 cm³/mol. The van der Waals surface area contributed by atoms with E-state index in [9.17, 15) is 18.4 Å². The maximum absolute atomic E-state index is 13.4. The Balaban J connectivity index is 2.66. The van der Waals surface area contributed by atoms with Gasteiger partial charge in [-0.25, -0.2) is 9.59 Å². The van der Waals surface area contributed by atoms with Gasteiger partial charge in [0.1, 0.15) is 11.6 Å². The van der Waals surface area contributed by atoms with E-state index in [1.807, 2.05) is 5.32 Å². The van der Waals surface area contributed by atoms with Crippen LogP contribution < -0.4 is 5.32 Å². The van der Waals surface area contributed by atoms with Gasteiger partial charge in [-0.1, -0.05) is 0 Å². The summed E-state index contributed by atoms with van der Waals surface area (Å²) in [4.78, 5) is 21.9. The minimum Gasteiger partial charge on any atom is -0.478 e. The zero-order valence-electron chi connectivity index (χ0n) is 10.3. The topological polar surface area (TPSA) is 75.6 Å². The van der Waals surface area contributed by atoms with Crippen molar-refractivity contribution in [2.24, 2.45) is 0 Å². The summed E-state index contributed by atoms with van der Waals surface area (Å²) in [5.74, 6) is -4.80. The van der Waals surface area contributed by atoms with Crippen molar-refractivity contribution in [2.75, 3.05) is 0 Å². The average Bonchev–Trinajstić information content (AvgIpc) is 2.38. The number of amides is 1. The molecule has 7 heteroatoms. The van der Waals surface area contributed by atoms with E-state index in [4.69, 9.17) is 9.84 Å². The van der Waals surface area contributed by atoms with Crippen molar-refractivity contribution >= 4 is 12.1 Å². The fraction of sp³-hybridized carbons (Fsp3) is 0.636. The second-order valence-electron chi connectivity index (χ2n) is 5.05. The minimum atomic E-state index is -3.38. The van der Waals surface area contributed by atoms with Gasteiger partial charge in [-0.05, 0) is 26.8 Å². The molecule has 1 aliphatic carbocycles. The number of carboxylic acids is 1. The van der Waals surface area contributed by atoms with Crippen LogP contribution in [-0.4, -0.2) is 34.7 Å². The first-order valence-electron chi connectivity index (χ1n) is 5.33. The van der Waals surface area contributed by atoms with Crippen LogP contribution in [0.25, 0.3) is 0 Å². The molecule has 0 bridgehead atoms. The largest absolute Gasteiger partial charge is 0.478 e. The molecule has 0 aliphatic heterocycles. The maximum atomic E-state index is 13.4. The summed E-state index contributed by atoms with van der Waals surface area (Å²) in [5, 5.41) is 10.6. The SMILES string of the molecule is CC(C)(C)OC(=O)NC1CC(C(=O)O)=CC1(F)F. The lowest BCUT2D eigenvalue weighted by Crippen LogP contribution is -2.46. The monoisotopic (exact) mass is 263 g/mol. The second-order valence-corrected chi connectivity index (χ2v) is 5.05. The van der Waals surface area contributed by atoms with Crippen LogP contribution in [0.5, 0.6) is 0 Å². The number of carboxylic acid groups (broad SMARTS) is 1. The lowest BCUT2D eigenvalue weighted by atomic mass is 10.1. The number of carbonyl (C=O) groups excluding carboxylic acids is 1. The molecule has 102 valence electrons. The smallest absolute Gasteiger partial charge is 0.408 e. The molecule has 1 unspecified atom stereocenters. The Hall–Kier alpha value is -1.66. The Morgan fingerprint density at radius 1 is 1.50 bits per heavy atom. The van der Waals surface area contributed by atoms with Gasteiger partial charge >= 0.3 is 12.1 Å². The summed E-state index contributed by atoms with van der Waals surface area (Å²) in [6.45, 7) is 4.79. The van der Waals surface area contributed by atoms with Crippen molar-refractivity contribution in [3.63, 3.8) is 0 Å². The van der Waals surface area contributed by atoms with E-state index >= 15 is 0 Å². The number of carbonyl (C=O) groups is 2. The number of hydrogen-bond acceptors (Lipinski definition) is 3. The van der Waals surface area contributed by atoms with Crippen LogP contribution in [0.15, 0.2) is 11.6 Å². The lowest BCUT2D eigenvalue weighted by Gasteiger charge is -2.24. The number of nitrogens with one attached hydrogen (secondary N) is 1. The molecule has 1 atom stereocenters.